The van der Waals surface area contributed by atoms with E-state index in [0.29, 0.717) is 18.4 Å². The summed E-state index contributed by atoms with van der Waals surface area (Å²) in [4.78, 5) is 10.7. The second-order valence-electron chi connectivity index (χ2n) is 9.83. The van der Waals surface area contributed by atoms with Crippen molar-refractivity contribution in [2.75, 3.05) is 25.5 Å². The van der Waals surface area contributed by atoms with Crippen molar-refractivity contribution in [2.24, 2.45) is 5.92 Å². The average molecular weight is 479 g/mol. The summed E-state index contributed by atoms with van der Waals surface area (Å²) < 4.78 is 40.1. The number of nitrogens with one attached hydrogen (secondary N) is 2. The molecule has 0 unspecified atom stereocenters. The molecule has 0 spiro atoms. The van der Waals surface area contributed by atoms with Gasteiger partial charge in [-0.25, -0.2) is 13.1 Å². The topological polar surface area (TPSA) is 93.7 Å². The number of ether oxygens (including phenoxy) is 2. The first-order valence-electron chi connectivity index (χ1n) is 12.5. The Bertz CT molecular complexity index is 865. The third-order valence-electron chi connectivity index (χ3n) is 7.45. The van der Waals surface area contributed by atoms with Crippen molar-refractivity contribution in [3.05, 3.63) is 29.8 Å². The first kappa shape index (κ1) is 24.6. The Kier molecular flexibility index (Phi) is 8.79. The number of hydrogen-bond acceptors (Lipinski definition) is 6. The molecule has 33 heavy (non-hydrogen) atoms. The standard InChI is InChI=1S/C25H38N2O5S/c28-15-16-31-25-9-2-1-7-22(25)20-10-12-21(13-11-20)32-17-24-23(8-4-14-26-24)27-33(29,30)18-19-5-3-6-19/h1-2,7,9,15,19-21,23-24,26-27H,3-6,8,10-14,16-18H2/t20?,21?,23-,24-/m0/s1. The molecule has 1 saturated heterocycles. The average Bonchev–Trinajstić information content (AvgIpc) is 2.80. The van der Waals surface area contributed by atoms with Gasteiger partial charge in [-0.1, -0.05) is 24.6 Å². The van der Waals surface area contributed by atoms with Crippen LogP contribution in [0.15, 0.2) is 24.3 Å². The number of aldehydes is 1. The van der Waals surface area contributed by atoms with Crippen molar-refractivity contribution < 1.29 is 22.7 Å². The van der Waals surface area contributed by atoms with Gasteiger partial charge in [0.15, 0.2) is 6.29 Å². The van der Waals surface area contributed by atoms with Crippen LogP contribution in [0.4, 0.5) is 0 Å². The SMILES string of the molecule is O=CCOc1ccccc1C1CCC(OC[C@@H]2NCCC[C@@H]2NS(=O)(=O)CC2CCC2)CC1. The minimum absolute atomic E-state index is 0.0186. The van der Waals surface area contributed by atoms with Crippen molar-refractivity contribution in [1.82, 2.24) is 10.0 Å². The van der Waals surface area contributed by atoms with E-state index >= 15 is 0 Å². The summed E-state index contributed by atoms with van der Waals surface area (Å²) in [5.41, 5.74) is 1.17. The molecule has 2 aliphatic carbocycles. The van der Waals surface area contributed by atoms with E-state index in [9.17, 15) is 13.2 Å². The molecule has 2 N–H and O–H groups in total. The largest absolute Gasteiger partial charge is 0.486 e. The van der Waals surface area contributed by atoms with Crippen LogP contribution in [0, 0.1) is 5.92 Å². The summed E-state index contributed by atoms with van der Waals surface area (Å²) in [5, 5.41) is 3.48. The molecule has 1 aliphatic heterocycles. The van der Waals surface area contributed by atoms with Crippen molar-refractivity contribution in [3.63, 3.8) is 0 Å². The quantitative estimate of drug-likeness (QED) is 0.475. The van der Waals surface area contributed by atoms with Gasteiger partial charge in [-0.15, -0.1) is 0 Å². The maximum absolute atomic E-state index is 12.6. The number of benzene rings is 1. The molecule has 7 nitrogen and oxygen atoms in total. The van der Waals surface area contributed by atoms with Crippen LogP contribution < -0.4 is 14.8 Å². The van der Waals surface area contributed by atoms with Crippen LogP contribution in [0.2, 0.25) is 0 Å². The highest BCUT2D eigenvalue weighted by molar-refractivity contribution is 7.89. The van der Waals surface area contributed by atoms with Crippen molar-refractivity contribution in [3.8, 4) is 5.75 Å². The number of rotatable bonds is 11. The fraction of sp³-hybridized carbons (Fsp3) is 0.720. The zero-order valence-corrected chi connectivity index (χ0v) is 20.2. The Morgan fingerprint density at radius 1 is 1.03 bits per heavy atom. The molecule has 2 atom stereocenters. The highest BCUT2D eigenvalue weighted by Gasteiger charge is 2.32. The van der Waals surface area contributed by atoms with Crippen molar-refractivity contribution in [2.45, 2.75) is 81.9 Å². The Morgan fingerprint density at radius 2 is 1.82 bits per heavy atom. The van der Waals surface area contributed by atoms with Crippen LogP contribution >= 0.6 is 0 Å². The molecule has 1 aromatic rings. The lowest BCUT2D eigenvalue weighted by molar-refractivity contribution is -0.109. The number of piperidine rings is 1. The van der Waals surface area contributed by atoms with Crippen LogP contribution in [0.5, 0.6) is 5.75 Å². The molecule has 2 saturated carbocycles. The highest BCUT2D eigenvalue weighted by atomic mass is 32.2. The predicted molar refractivity (Wildman–Crippen MR) is 128 cm³/mol. The van der Waals surface area contributed by atoms with Gasteiger partial charge in [0.05, 0.1) is 18.5 Å². The Morgan fingerprint density at radius 3 is 2.55 bits per heavy atom. The lowest BCUT2D eigenvalue weighted by atomic mass is 9.82. The van der Waals surface area contributed by atoms with Crippen LogP contribution in [-0.4, -0.2) is 58.4 Å². The highest BCUT2D eigenvalue weighted by Crippen LogP contribution is 2.38. The predicted octanol–water partition coefficient (Wildman–Crippen LogP) is 3.15. The van der Waals surface area contributed by atoms with E-state index in [2.05, 4.69) is 16.1 Å². The number of carbonyl (C=O) groups excluding carboxylic acids is 1. The summed E-state index contributed by atoms with van der Waals surface area (Å²) in [7, 11) is -3.25. The van der Waals surface area contributed by atoms with Crippen LogP contribution in [0.25, 0.3) is 0 Å². The summed E-state index contributed by atoms with van der Waals surface area (Å²) in [6.45, 7) is 1.51. The molecular formula is C25H38N2O5S. The molecule has 0 aromatic heterocycles. The number of carbonyl (C=O) groups is 1. The smallest absolute Gasteiger partial charge is 0.212 e. The third-order valence-corrected chi connectivity index (χ3v) is 9.02. The molecule has 1 heterocycles. The fourth-order valence-corrected chi connectivity index (χ4v) is 7.16. The molecule has 3 fully saturated rings. The van der Waals surface area contributed by atoms with E-state index in [4.69, 9.17) is 9.47 Å². The molecule has 0 bridgehead atoms. The van der Waals surface area contributed by atoms with E-state index in [1.807, 2.05) is 18.2 Å². The summed E-state index contributed by atoms with van der Waals surface area (Å²) >= 11 is 0. The Labute approximate surface area is 198 Å². The van der Waals surface area contributed by atoms with Gasteiger partial charge in [0, 0.05) is 12.1 Å². The van der Waals surface area contributed by atoms with E-state index in [1.54, 1.807) is 0 Å². The van der Waals surface area contributed by atoms with Gasteiger partial charge in [0.2, 0.25) is 10.0 Å². The van der Waals surface area contributed by atoms with Gasteiger partial charge in [0.25, 0.3) is 0 Å². The summed E-state index contributed by atoms with van der Waals surface area (Å²) in [5.74, 6) is 1.81. The lowest BCUT2D eigenvalue weighted by Gasteiger charge is -2.36. The third kappa shape index (κ3) is 7.01. The van der Waals surface area contributed by atoms with Crippen molar-refractivity contribution >= 4 is 16.3 Å². The van der Waals surface area contributed by atoms with Crippen molar-refractivity contribution in [1.29, 1.82) is 0 Å². The molecule has 0 amide bonds. The normalized spacial score (nSPS) is 28.7. The maximum atomic E-state index is 12.6. The monoisotopic (exact) mass is 478 g/mol. The van der Waals surface area contributed by atoms with E-state index in [-0.39, 0.29) is 30.5 Å². The van der Waals surface area contributed by atoms with E-state index in [0.717, 1.165) is 76.4 Å². The second kappa shape index (κ2) is 11.8. The Balaban J connectivity index is 1.25. The molecule has 1 aromatic carbocycles. The van der Waals surface area contributed by atoms with Crippen LogP contribution in [0.1, 0.15) is 69.3 Å². The molecular weight excluding hydrogens is 440 g/mol. The molecule has 4 rings (SSSR count). The summed E-state index contributed by atoms with van der Waals surface area (Å²) in [6, 6.07) is 7.91. The lowest BCUT2D eigenvalue weighted by Crippen LogP contribution is -2.56. The first-order valence-corrected chi connectivity index (χ1v) is 14.2. The minimum atomic E-state index is -3.25. The van der Waals surface area contributed by atoms with Gasteiger partial charge in [-0.2, -0.15) is 0 Å². The minimum Gasteiger partial charge on any atom is -0.486 e. The number of para-hydroxylation sites is 1. The van der Waals surface area contributed by atoms with Crippen LogP contribution in [-0.2, 0) is 19.6 Å². The van der Waals surface area contributed by atoms with Gasteiger partial charge in [0.1, 0.15) is 12.4 Å². The molecule has 3 aliphatic rings. The van der Waals surface area contributed by atoms with Gasteiger partial charge in [-0.05, 0) is 81.4 Å². The number of sulfonamides is 1. The fourth-order valence-electron chi connectivity index (χ4n) is 5.37. The molecule has 184 valence electrons. The molecule has 0 radical (unpaired) electrons. The second-order valence-corrected chi connectivity index (χ2v) is 11.6. The Hall–Kier alpha value is -1.48. The zero-order valence-electron chi connectivity index (χ0n) is 19.4. The van der Waals surface area contributed by atoms with Gasteiger partial charge in [-0.3, -0.25) is 4.79 Å². The number of hydrogen-bond donors (Lipinski definition) is 2. The first-order chi connectivity index (χ1) is 16.0. The maximum Gasteiger partial charge on any atom is 0.212 e. The zero-order chi connectivity index (χ0) is 23.1. The van der Waals surface area contributed by atoms with Gasteiger partial charge < -0.3 is 14.8 Å². The summed E-state index contributed by atoms with van der Waals surface area (Å²) in [6.07, 6.45) is 10.00. The van der Waals surface area contributed by atoms with E-state index < -0.39 is 10.0 Å². The molecule has 8 heteroatoms. The van der Waals surface area contributed by atoms with Gasteiger partial charge >= 0.3 is 0 Å². The van der Waals surface area contributed by atoms with E-state index in [1.165, 1.54) is 5.56 Å². The van der Waals surface area contributed by atoms with Crippen LogP contribution in [0.3, 0.4) is 0 Å².